The van der Waals surface area contributed by atoms with Crippen LogP contribution in [0, 0.1) is 18.3 Å². The van der Waals surface area contributed by atoms with Gasteiger partial charge in [-0.15, -0.1) is 22.7 Å². The minimum Gasteiger partial charge on any atom is -0.323 e. The molecule has 0 fully saturated rings. The van der Waals surface area contributed by atoms with Gasteiger partial charge >= 0.3 is 0 Å². The molecule has 0 bridgehead atoms. The van der Waals surface area contributed by atoms with Crippen molar-refractivity contribution in [3.63, 3.8) is 0 Å². The summed E-state index contributed by atoms with van der Waals surface area (Å²) < 4.78 is 0. The Balaban J connectivity index is 1.71. The normalized spacial score (nSPS) is 16.2. The molecular weight excluding hydrogens is 362 g/mol. The van der Waals surface area contributed by atoms with Crippen molar-refractivity contribution in [3.8, 4) is 6.07 Å². The van der Waals surface area contributed by atoms with Gasteiger partial charge in [-0.05, 0) is 62.1 Å². The van der Waals surface area contributed by atoms with Crippen molar-refractivity contribution in [2.24, 2.45) is 0 Å². The molecule has 2 heterocycles. The summed E-state index contributed by atoms with van der Waals surface area (Å²) in [5.74, 6) is -0.00961. The summed E-state index contributed by atoms with van der Waals surface area (Å²) in [7, 11) is 2.05. The van der Waals surface area contributed by atoms with Gasteiger partial charge in [0.25, 0.3) is 5.91 Å². The van der Waals surface area contributed by atoms with E-state index in [0.717, 1.165) is 35.7 Å². The van der Waals surface area contributed by atoms with Crippen LogP contribution in [0.1, 0.15) is 52.6 Å². The fourth-order valence-corrected chi connectivity index (χ4v) is 5.63. The van der Waals surface area contributed by atoms with E-state index in [9.17, 15) is 10.1 Å². The summed E-state index contributed by atoms with van der Waals surface area (Å²) in [6, 6.07) is 4.28. The van der Waals surface area contributed by atoms with Gasteiger partial charge in [0.1, 0.15) is 17.6 Å². The zero-order chi connectivity index (χ0) is 18.7. The fraction of sp³-hybridized carbons (Fsp3) is 0.500. The number of anilines is 1. The Morgan fingerprint density at radius 3 is 2.85 bits per heavy atom. The zero-order valence-electron chi connectivity index (χ0n) is 15.6. The van der Waals surface area contributed by atoms with Crippen molar-refractivity contribution >= 4 is 33.6 Å². The van der Waals surface area contributed by atoms with Crippen LogP contribution in [0.15, 0.2) is 11.4 Å². The highest BCUT2D eigenvalue weighted by atomic mass is 32.1. The molecule has 26 heavy (non-hydrogen) atoms. The first-order valence-electron chi connectivity index (χ1n) is 9.22. The van der Waals surface area contributed by atoms with Gasteiger partial charge in [0.15, 0.2) is 6.04 Å². The molecule has 3 rings (SSSR count). The smallest absolute Gasteiger partial charge is 0.283 e. The highest BCUT2D eigenvalue weighted by Gasteiger charge is 2.26. The number of carbonyl (C=O) groups is 1. The van der Waals surface area contributed by atoms with Gasteiger partial charge in [0.2, 0.25) is 0 Å². The molecule has 1 aliphatic rings. The van der Waals surface area contributed by atoms with Crippen LogP contribution in [-0.2, 0) is 24.2 Å². The molecule has 2 aromatic heterocycles. The summed E-state index contributed by atoms with van der Waals surface area (Å²) >= 11 is 3.35. The van der Waals surface area contributed by atoms with Gasteiger partial charge in [-0.25, -0.2) is 0 Å². The van der Waals surface area contributed by atoms with Crippen LogP contribution in [0.5, 0.6) is 0 Å². The molecule has 0 spiro atoms. The zero-order valence-corrected chi connectivity index (χ0v) is 17.3. The van der Waals surface area contributed by atoms with Gasteiger partial charge in [-0.2, -0.15) is 5.26 Å². The predicted molar refractivity (Wildman–Crippen MR) is 108 cm³/mol. The number of nitrogens with zero attached hydrogens (tertiary/aromatic N) is 1. The highest BCUT2D eigenvalue weighted by molar-refractivity contribution is 7.16. The first kappa shape index (κ1) is 19.1. The molecule has 0 radical (unpaired) electrons. The summed E-state index contributed by atoms with van der Waals surface area (Å²) in [6.45, 7) is 4.91. The van der Waals surface area contributed by atoms with E-state index in [1.807, 2.05) is 6.92 Å². The average Bonchev–Trinajstić information content (AvgIpc) is 3.08. The van der Waals surface area contributed by atoms with Crippen LogP contribution in [0.3, 0.4) is 0 Å². The molecule has 2 aromatic rings. The molecular formula is C20H26N3OS2+. The minimum atomic E-state index is -0.176. The predicted octanol–water partition coefficient (Wildman–Crippen LogP) is 3.30. The van der Waals surface area contributed by atoms with Gasteiger partial charge in [0.05, 0.1) is 17.5 Å². The van der Waals surface area contributed by atoms with E-state index in [0.29, 0.717) is 5.56 Å². The lowest BCUT2D eigenvalue weighted by Gasteiger charge is -2.20. The first-order chi connectivity index (χ1) is 12.5. The van der Waals surface area contributed by atoms with Crippen LogP contribution < -0.4 is 10.2 Å². The average molecular weight is 389 g/mol. The highest BCUT2D eigenvalue weighted by Crippen LogP contribution is 2.36. The Labute approximate surface area is 163 Å². The van der Waals surface area contributed by atoms with E-state index in [2.05, 4.69) is 36.8 Å². The maximum atomic E-state index is 12.8. The second-order valence-corrected chi connectivity index (χ2v) is 9.25. The standard InChI is InChI=1S/C20H25N3OS2/c1-13-9-10-25-18(13)12-23(3)14(2)19(24)22-20-16(11-21)15-7-5-4-6-8-17(15)26-20/h9-10,14H,4-8,12H2,1-3H3,(H,22,24)/p+1/t14-/m0/s1. The first-order valence-corrected chi connectivity index (χ1v) is 10.9. The molecule has 1 unspecified atom stereocenters. The molecule has 0 aliphatic heterocycles. The summed E-state index contributed by atoms with van der Waals surface area (Å²) in [5.41, 5.74) is 3.16. The van der Waals surface area contributed by atoms with Gasteiger partial charge in [-0.1, -0.05) is 6.42 Å². The number of fused-ring (bicyclic) bond motifs is 1. The van der Waals surface area contributed by atoms with E-state index in [-0.39, 0.29) is 11.9 Å². The lowest BCUT2D eigenvalue weighted by Crippen LogP contribution is -3.12. The van der Waals surface area contributed by atoms with Crippen molar-refractivity contribution in [1.82, 2.24) is 0 Å². The van der Waals surface area contributed by atoms with Crippen LogP contribution in [0.4, 0.5) is 5.00 Å². The molecule has 0 saturated carbocycles. The number of thiophene rings is 2. The molecule has 1 aliphatic carbocycles. The van der Waals surface area contributed by atoms with E-state index in [1.165, 1.54) is 33.7 Å². The topological polar surface area (TPSA) is 57.3 Å². The number of carbonyl (C=O) groups excluding carboxylic acids is 1. The van der Waals surface area contributed by atoms with Crippen molar-refractivity contribution in [2.45, 2.75) is 58.5 Å². The maximum Gasteiger partial charge on any atom is 0.283 e. The molecule has 2 atom stereocenters. The van der Waals surface area contributed by atoms with Crippen LogP contribution in [0.25, 0.3) is 0 Å². The van der Waals surface area contributed by atoms with E-state index in [4.69, 9.17) is 0 Å². The number of nitriles is 1. The number of quaternary nitrogens is 1. The number of amides is 1. The third-order valence-electron chi connectivity index (χ3n) is 5.31. The summed E-state index contributed by atoms with van der Waals surface area (Å²) in [5, 5.41) is 15.5. The number of hydrogen-bond acceptors (Lipinski definition) is 4. The van der Waals surface area contributed by atoms with Gasteiger partial charge in [0, 0.05) is 4.88 Å². The van der Waals surface area contributed by atoms with Crippen LogP contribution in [-0.4, -0.2) is 19.0 Å². The van der Waals surface area contributed by atoms with Crippen molar-refractivity contribution in [3.05, 3.63) is 37.9 Å². The number of likely N-dealkylation sites (N-methyl/N-ethyl adjacent to an activating group) is 1. The van der Waals surface area contributed by atoms with E-state index < -0.39 is 0 Å². The molecule has 0 aromatic carbocycles. The quantitative estimate of drug-likeness (QED) is 0.772. The molecule has 2 N–H and O–H groups in total. The van der Waals surface area contributed by atoms with E-state index >= 15 is 0 Å². The Hall–Kier alpha value is -1.68. The van der Waals surface area contributed by atoms with E-state index in [1.54, 1.807) is 22.7 Å². The lowest BCUT2D eigenvalue weighted by atomic mass is 10.1. The van der Waals surface area contributed by atoms with Crippen LogP contribution in [0.2, 0.25) is 0 Å². The number of nitrogens with one attached hydrogen (secondary N) is 2. The Bertz CT molecular complexity index is 831. The number of rotatable bonds is 5. The number of aryl methyl sites for hydroxylation is 2. The van der Waals surface area contributed by atoms with Gasteiger partial charge < -0.3 is 10.2 Å². The second kappa shape index (κ2) is 8.34. The van der Waals surface area contributed by atoms with Gasteiger partial charge in [-0.3, -0.25) is 4.79 Å². The summed E-state index contributed by atoms with van der Waals surface area (Å²) in [6.07, 6.45) is 5.53. The molecule has 1 amide bonds. The Morgan fingerprint density at radius 1 is 1.38 bits per heavy atom. The van der Waals surface area contributed by atoms with Crippen molar-refractivity contribution in [1.29, 1.82) is 5.26 Å². The van der Waals surface area contributed by atoms with Crippen LogP contribution >= 0.6 is 22.7 Å². The molecule has 4 nitrogen and oxygen atoms in total. The molecule has 0 saturated heterocycles. The SMILES string of the molecule is Cc1ccsc1C[NH+](C)[C@@H](C)C(=O)Nc1sc2c(c1C#N)CCCCC2. The molecule has 138 valence electrons. The monoisotopic (exact) mass is 388 g/mol. The van der Waals surface area contributed by atoms with Crippen molar-refractivity contribution < 1.29 is 9.69 Å². The Morgan fingerprint density at radius 2 is 2.15 bits per heavy atom. The third-order valence-corrected chi connectivity index (χ3v) is 7.54. The Kier molecular flexibility index (Phi) is 6.13. The fourth-order valence-electron chi connectivity index (χ4n) is 3.38. The maximum absolute atomic E-state index is 12.8. The largest absolute Gasteiger partial charge is 0.323 e. The second-order valence-electron chi connectivity index (χ2n) is 7.14. The summed E-state index contributed by atoms with van der Waals surface area (Å²) in [4.78, 5) is 16.6. The number of hydrogen-bond donors (Lipinski definition) is 2. The molecule has 6 heteroatoms. The van der Waals surface area contributed by atoms with Crippen molar-refractivity contribution in [2.75, 3.05) is 12.4 Å². The minimum absolute atomic E-state index is 0.00961. The lowest BCUT2D eigenvalue weighted by molar-refractivity contribution is -0.907. The third kappa shape index (κ3) is 4.01.